The van der Waals surface area contributed by atoms with Gasteiger partial charge in [0.1, 0.15) is 0 Å². The van der Waals surface area contributed by atoms with Crippen LogP contribution in [-0.4, -0.2) is 22.1 Å². The van der Waals surface area contributed by atoms with E-state index in [-0.39, 0.29) is 6.04 Å². The Morgan fingerprint density at radius 1 is 1.38 bits per heavy atom. The van der Waals surface area contributed by atoms with Crippen LogP contribution in [0, 0.1) is 0 Å². The molecule has 2 rings (SSSR count). The lowest BCUT2D eigenvalue weighted by Gasteiger charge is -2.04. The van der Waals surface area contributed by atoms with Crippen LogP contribution in [-0.2, 0) is 4.79 Å². The highest BCUT2D eigenvalue weighted by atomic mass is 33.1. The third-order valence-electron chi connectivity index (χ3n) is 3.22. The van der Waals surface area contributed by atoms with Crippen molar-refractivity contribution in [1.29, 1.82) is 0 Å². The highest BCUT2D eigenvalue weighted by molar-refractivity contribution is 8.77. The molecule has 5 heteroatoms. The first-order valence-corrected chi connectivity index (χ1v) is 9.78. The molecule has 0 bridgehead atoms. The Bertz CT molecular complexity index is 393. The van der Waals surface area contributed by atoms with Crippen molar-refractivity contribution in [2.45, 2.75) is 50.3 Å². The predicted molar refractivity (Wildman–Crippen MR) is 93.6 cm³/mol. The minimum Gasteiger partial charge on any atom is -0.481 e. The van der Waals surface area contributed by atoms with Crippen LogP contribution in [0.15, 0.2) is 30.3 Å². The topological polar surface area (TPSA) is 63.3 Å². The summed E-state index contributed by atoms with van der Waals surface area (Å²) in [6.45, 7) is 1.98. The summed E-state index contributed by atoms with van der Waals surface area (Å²) in [5.41, 5.74) is 6.81. The second-order valence-electron chi connectivity index (χ2n) is 5.17. The molecular formula is C16H25NO2S2. The molecule has 2 unspecified atom stereocenters. The van der Waals surface area contributed by atoms with Gasteiger partial charge in [0, 0.05) is 23.5 Å². The van der Waals surface area contributed by atoms with E-state index in [9.17, 15) is 4.79 Å². The van der Waals surface area contributed by atoms with Crippen LogP contribution in [0.4, 0.5) is 0 Å². The molecule has 0 saturated carbocycles. The van der Waals surface area contributed by atoms with E-state index < -0.39 is 5.97 Å². The maximum absolute atomic E-state index is 10.2. The normalized spacial score (nSPS) is 18.7. The molecule has 1 fully saturated rings. The Labute approximate surface area is 135 Å². The molecule has 3 nitrogen and oxygen atoms in total. The number of carboxylic acids is 1. The summed E-state index contributed by atoms with van der Waals surface area (Å²) in [5.74, 6) is 0.609. The van der Waals surface area contributed by atoms with Gasteiger partial charge in [0.15, 0.2) is 0 Å². The van der Waals surface area contributed by atoms with Gasteiger partial charge < -0.3 is 10.8 Å². The van der Waals surface area contributed by atoms with Crippen LogP contribution in [0.1, 0.15) is 50.6 Å². The molecule has 0 aromatic heterocycles. The van der Waals surface area contributed by atoms with E-state index in [1.165, 1.54) is 24.2 Å². The van der Waals surface area contributed by atoms with Crippen molar-refractivity contribution in [3.8, 4) is 0 Å². The molecule has 1 aliphatic rings. The lowest BCUT2D eigenvalue weighted by atomic mass is 10.1. The summed E-state index contributed by atoms with van der Waals surface area (Å²) in [4.78, 5) is 10.2. The smallest absolute Gasteiger partial charge is 0.303 e. The van der Waals surface area contributed by atoms with Crippen LogP contribution in [0.25, 0.3) is 0 Å². The molecule has 0 radical (unpaired) electrons. The zero-order valence-electron chi connectivity index (χ0n) is 12.5. The molecule has 0 spiro atoms. The molecule has 118 valence electrons. The lowest BCUT2D eigenvalue weighted by molar-refractivity contribution is -0.137. The fraction of sp³-hybridized carbons (Fsp3) is 0.562. The SMILES string of the molecule is CC(N)c1ccccc1.O=C(O)CCCCC1CCSS1. The molecule has 1 aliphatic heterocycles. The third-order valence-corrected chi connectivity index (χ3v) is 6.23. The van der Waals surface area contributed by atoms with Gasteiger partial charge in [-0.1, -0.05) is 58.3 Å². The lowest BCUT2D eigenvalue weighted by Crippen LogP contribution is -2.03. The van der Waals surface area contributed by atoms with Crippen LogP contribution in [0.2, 0.25) is 0 Å². The largest absolute Gasteiger partial charge is 0.481 e. The second kappa shape index (κ2) is 11.0. The maximum Gasteiger partial charge on any atom is 0.303 e. The Hall–Kier alpha value is -0.650. The first kappa shape index (κ1) is 18.4. The third kappa shape index (κ3) is 9.06. The van der Waals surface area contributed by atoms with E-state index >= 15 is 0 Å². The molecule has 0 amide bonds. The number of unbranched alkanes of at least 4 members (excludes halogenated alkanes) is 1. The van der Waals surface area contributed by atoms with Crippen molar-refractivity contribution in [3.05, 3.63) is 35.9 Å². The number of hydrogen-bond donors (Lipinski definition) is 2. The Morgan fingerprint density at radius 2 is 2.10 bits per heavy atom. The molecule has 1 aromatic carbocycles. The van der Waals surface area contributed by atoms with E-state index in [2.05, 4.69) is 0 Å². The van der Waals surface area contributed by atoms with Gasteiger partial charge in [-0.15, -0.1) is 0 Å². The molecular weight excluding hydrogens is 302 g/mol. The Kier molecular flexibility index (Phi) is 9.63. The minimum absolute atomic E-state index is 0.159. The van der Waals surface area contributed by atoms with Crippen molar-refractivity contribution in [2.24, 2.45) is 5.73 Å². The van der Waals surface area contributed by atoms with Gasteiger partial charge in [-0.05, 0) is 31.7 Å². The summed E-state index contributed by atoms with van der Waals surface area (Å²) < 4.78 is 0. The molecule has 1 saturated heterocycles. The summed E-state index contributed by atoms with van der Waals surface area (Å²) in [7, 11) is 3.92. The zero-order chi connectivity index (χ0) is 15.5. The predicted octanol–water partition coefficient (Wildman–Crippen LogP) is 4.49. The average Bonchev–Trinajstić information content (AvgIpc) is 2.98. The van der Waals surface area contributed by atoms with Gasteiger partial charge >= 0.3 is 5.97 Å². The van der Waals surface area contributed by atoms with E-state index in [1.54, 1.807) is 0 Å². The number of aliphatic carboxylic acids is 1. The van der Waals surface area contributed by atoms with E-state index in [1.807, 2.05) is 58.8 Å². The molecule has 1 heterocycles. The van der Waals surface area contributed by atoms with Crippen LogP contribution < -0.4 is 5.73 Å². The van der Waals surface area contributed by atoms with Gasteiger partial charge in [0.05, 0.1) is 0 Å². The number of rotatable bonds is 6. The Balaban J connectivity index is 0.000000219. The van der Waals surface area contributed by atoms with Crippen LogP contribution in [0.5, 0.6) is 0 Å². The molecule has 21 heavy (non-hydrogen) atoms. The van der Waals surface area contributed by atoms with Crippen molar-refractivity contribution >= 4 is 27.6 Å². The summed E-state index contributed by atoms with van der Waals surface area (Å²) >= 11 is 0. The minimum atomic E-state index is -0.663. The number of carboxylic acid groups (broad SMARTS) is 1. The first-order valence-electron chi connectivity index (χ1n) is 7.40. The zero-order valence-corrected chi connectivity index (χ0v) is 14.2. The van der Waals surface area contributed by atoms with E-state index in [0.29, 0.717) is 6.42 Å². The standard InChI is InChI=1S/C8H11N.C8H14O2S2/c1-7(9)8-5-3-2-4-6-8;9-8(10)4-2-1-3-7-5-6-11-12-7/h2-7H,9H2,1H3;7H,1-6H2,(H,9,10). The monoisotopic (exact) mass is 327 g/mol. The quantitative estimate of drug-likeness (QED) is 0.595. The Morgan fingerprint density at radius 3 is 2.57 bits per heavy atom. The fourth-order valence-electron chi connectivity index (χ4n) is 1.97. The van der Waals surface area contributed by atoms with Crippen molar-refractivity contribution < 1.29 is 9.90 Å². The van der Waals surface area contributed by atoms with Crippen LogP contribution in [0.3, 0.4) is 0 Å². The molecule has 3 N–H and O–H groups in total. The van der Waals surface area contributed by atoms with Gasteiger partial charge in [-0.3, -0.25) is 4.79 Å². The average molecular weight is 328 g/mol. The second-order valence-corrected chi connectivity index (χ2v) is 7.96. The van der Waals surface area contributed by atoms with Crippen LogP contribution >= 0.6 is 21.6 Å². The fourth-order valence-corrected chi connectivity index (χ4v) is 5.00. The van der Waals surface area contributed by atoms with Gasteiger partial charge in [0.25, 0.3) is 0 Å². The maximum atomic E-state index is 10.2. The van der Waals surface area contributed by atoms with Gasteiger partial charge in [0.2, 0.25) is 0 Å². The van der Waals surface area contributed by atoms with Gasteiger partial charge in [-0.25, -0.2) is 0 Å². The number of hydrogen-bond acceptors (Lipinski definition) is 4. The summed E-state index contributed by atoms with van der Waals surface area (Å²) in [6, 6.07) is 10.2. The summed E-state index contributed by atoms with van der Waals surface area (Å²) in [6.07, 6.45) is 4.76. The van der Waals surface area contributed by atoms with E-state index in [4.69, 9.17) is 10.8 Å². The molecule has 2 atom stereocenters. The highest BCUT2D eigenvalue weighted by Gasteiger charge is 2.15. The number of benzene rings is 1. The first-order chi connectivity index (χ1) is 10.1. The van der Waals surface area contributed by atoms with Crippen molar-refractivity contribution in [3.63, 3.8) is 0 Å². The van der Waals surface area contributed by atoms with E-state index in [0.717, 1.165) is 18.1 Å². The molecule has 0 aliphatic carbocycles. The molecule has 1 aromatic rings. The van der Waals surface area contributed by atoms with Crippen molar-refractivity contribution in [2.75, 3.05) is 5.75 Å². The number of carbonyl (C=O) groups is 1. The number of nitrogens with two attached hydrogens (primary N) is 1. The van der Waals surface area contributed by atoms with Gasteiger partial charge in [-0.2, -0.15) is 0 Å². The highest BCUT2D eigenvalue weighted by Crippen LogP contribution is 2.39. The van der Waals surface area contributed by atoms with Crippen molar-refractivity contribution in [1.82, 2.24) is 0 Å². The summed E-state index contributed by atoms with van der Waals surface area (Å²) in [5, 5.41) is 9.19.